The summed E-state index contributed by atoms with van der Waals surface area (Å²) in [5.41, 5.74) is 0.914. The molecule has 144 valence electrons. The molecule has 4 nitrogen and oxygen atoms in total. The topological polar surface area (TPSA) is 32.8 Å². The number of likely N-dealkylation sites (tertiary alicyclic amines) is 1. The molecule has 1 aromatic carbocycles. The molecule has 1 unspecified atom stereocenters. The zero-order valence-electron chi connectivity index (χ0n) is 15.6. The van der Waals surface area contributed by atoms with Crippen LogP contribution in [-0.4, -0.2) is 54.7 Å². The Hall–Kier alpha value is -1.33. The van der Waals surface area contributed by atoms with Gasteiger partial charge in [-0.3, -0.25) is 0 Å². The first kappa shape index (κ1) is 19.4. The summed E-state index contributed by atoms with van der Waals surface area (Å²) in [6, 6.07) is 4.79. The third-order valence-electron chi connectivity index (χ3n) is 5.50. The summed E-state index contributed by atoms with van der Waals surface area (Å²) >= 11 is 6.20. The zero-order valence-corrected chi connectivity index (χ0v) is 16.3. The van der Waals surface area contributed by atoms with Crippen molar-refractivity contribution in [1.82, 2.24) is 9.80 Å². The van der Waals surface area contributed by atoms with Crippen molar-refractivity contribution in [3.8, 4) is 0 Å². The van der Waals surface area contributed by atoms with Crippen molar-refractivity contribution in [2.75, 3.05) is 32.8 Å². The van der Waals surface area contributed by atoms with Crippen LogP contribution < -0.4 is 0 Å². The maximum Gasteiger partial charge on any atom is 0.410 e. The van der Waals surface area contributed by atoms with E-state index in [1.165, 1.54) is 6.07 Å². The second-order valence-electron chi connectivity index (χ2n) is 7.87. The number of amides is 1. The predicted octanol–water partition coefficient (Wildman–Crippen LogP) is 4.21. The fourth-order valence-electron chi connectivity index (χ4n) is 3.96. The summed E-state index contributed by atoms with van der Waals surface area (Å²) in [7, 11) is 0. The van der Waals surface area contributed by atoms with Gasteiger partial charge in [0.25, 0.3) is 0 Å². The van der Waals surface area contributed by atoms with Crippen molar-refractivity contribution in [3.05, 3.63) is 34.6 Å². The highest BCUT2D eigenvalue weighted by atomic mass is 35.5. The fraction of sp³-hybridized carbons (Fsp3) is 0.650. The molecular formula is C20H28ClFN2O2. The molecule has 2 fully saturated rings. The second kappa shape index (κ2) is 8.57. The third kappa shape index (κ3) is 4.89. The zero-order chi connectivity index (χ0) is 18.7. The van der Waals surface area contributed by atoms with Gasteiger partial charge < -0.3 is 14.5 Å². The summed E-state index contributed by atoms with van der Waals surface area (Å²) in [6.07, 6.45) is 2.83. The van der Waals surface area contributed by atoms with Crippen molar-refractivity contribution in [2.24, 2.45) is 11.8 Å². The van der Waals surface area contributed by atoms with Crippen LogP contribution >= 0.6 is 11.6 Å². The van der Waals surface area contributed by atoms with Crippen LogP contribution in [0.2, 0.25) is 5.02 Å². The SMILES string of the molecule is CC(C)N1CC(CN2CCC(Cc3cc(F)ccc3Cl)CC2)COC1=O. The molecule has 1 amide bonds. The predicted molar refractivity (Wildman–Crippen MR) is 101 cm³/mol. The number of nitrogens with zero attached hydrogens (tertiary/aromatic N) is 2. The van der Waals surface area contributed by atoms with Crippen molar-refractivity contribution in [1.29, 1.82) is 0 Å². The van der Waals surface area contributed by atoms with E-state index in [1.807, 2.05) is 18.7 Å². The van der Waals surface area contributed by atoms with Gasteiger partial charge in [0.1, 0.15) is 5.82 Å². The number of halogens is 2. The van der Waals surface area contributed by atoms with Gasteiger partial charge >= 0.3 is 6.09 Å². The van der Waals surface area contributed by atoms with Gasteiger partial charge in [-0.1, -0.05) is 11.6 Å². The van der Waals surface area contributed by atoms with Crippen LogP contribution in [0.25, 0.3) is 0 Å². The number of hydrogen-bond acceptors (Lipinski definition) is 3. The molecule has 0 aromatic heterocycles. The second-order valence-corrected chi connectivity index (χ2v) is 8.28. The molecular weight excluding hydrogens is 355 g/mol. The molecule has 0 spiro atoms. The van der Waals surface area contributed by atoms with Gasteiger partial charge in [0.05, 0.1) is 6.61 Å². The van der Waals surface area contributed by atoms with Gasteiger partial charge in [0.2, 0.25) is 0 Å². The minimum atomic E-state index is -0.219. The Balaban J connectivity index is 1.46. The van der Waals surface area contributed by atoms with E-state index >= 15 is 0 Å². The Morgan fingerprint density at radius 2 is 2.00 bits per heavy atom. The largest absolute Gasteiger partial charge is 0.449 e. The molecule has 2 aliphatic rings. The van der Waals surface area contributed by atoms with E-state index in [2.05, 4.69) is 4.90 Å². The van der Waals surface area contributed by atoms with Crippen LogP contribution in [-0.2, 0) is 11.2 Å². The van der Waals surface area contributed by atoms with E-state index in [0.29, 0.717) is 23.5 Å². The van der Waals surface area contributed by atoms with Gasteiger partial charge in [-0.15, -0.1) is 0 Å². The molecule has 6 heteroatoms. The molecule has 26 heavy (non-hydrogen) atoms. The summed E-state index contributed by atoms with van der Waals surface area (Å²) in [6.45, 7) is 8.35. The molecule has 0 radical (unpaired) electrons. The molecule has 0 saturated carbocycles. The van der Waals surface area contributed by atoms with E-state index in [1.54, 1.807) is 12.1 Å². The number of carbonyl (C=O) groups excluding carboxylic acids is 1. The normalized spacial score (nSPS) is 22.7. The summed E-state index contributed by atoms with van der Waals surface area (Å²) in [5.74, 6) is 0.689. The van der Waals surface area contributed by atoms with Crippen molar-refractivity contribution in [3.63, 3.8) is 0 Å². The molecule has 0 bridgehead atoms. The maximum atomic E-state index is 13.4. The van der Waals surface area contributed by atoms with Crippen LogP contribution in [0.5, 0.6) is 0 Å². The lowest BCUT2D eigenvalue weighted by Crippen LogP contribution is -2.50. The smallest absolute Gasteiger partial charge is 0.410 e. The fourth-order valence-corrected chi connectivity index (χ4v) is 4.15. The molecule has 0 aliphatic carbocycles. The Bertz CT molecular complexity index is 632. The molecule has 0 N–H and O–H groups in total. The highest BCUT2D eigenvalue weighted by Gasteiger charge is 2.31. The van der Waals surface area contributed by atoms with Gasteiger partial charge in [0, 0.05) is 30.1 Å². The lowest BCUT2D eigenvalue weighted by molar-refractivity contribution is 0.0171. The van der Waals surface area contributed by atoms with Crippen LogP contribution in [0.15, 0.2) is 18.2 Å². The van der Waals surface area contributed by atoms with Gasteiger partial charge in [-0.2, -0.15) is 0 Å². The number of cyclic esters (lactones) is 1. The molecule has 2 saturated heterocycles. The van der Waals surface area contributed by atoms with E-state index in [4.69, 9.17) is 16.3 Å². The Kier molecular flexibility index (Phi) is 6.41. The molecule has 1 atom stereocenters. The standard InChI is InChI=1S/C20H28ClFN2O2/c1-14(2)24-12-16(13-26-20(24)25)11-23-7-5-15(6-8-23)9-17-10-18(22)3-4-19(17)21/h3-4,10,14-16H,5-9,11-13H2,1-2H3. The van der Waals surface area contributed by atoms with E-state index in [0.717, 1.165) is 51.0 Å². The molecule has 2 aliphatic heterocycles. The summed E-state index contributed by atoms with van der Waals surface area (Å²) in [4.78, 5) is 16.1. The minimum absolute atomic E-state index is 0.173. The highest BCUT2D eigenvalue weighted by Crippen LogP contribution is 2.27. The average molecular weight is 383 g/mol. The Morgan fingerprint density at radius 1 is 1.27 bits per heavy atom. The quantitative estimate of drug-likeness (QED) is 0.764. The number of benzene rings is 1. The lowest BCUT2D eigenvalue weighted by Gasteiger charge is -2.39. The first-order valence-corrected chi connectivity index (χ1v) is 9.90. The van der Waals surface area contributed by atoms with E-state index in [-0.39, 0.29) is 18.0 Å². The van der Waals surface area contributed by atoms with Crippen molar-refractivity contribution < 1.29 is 13.9 Å². The first-order valence-electron chi connectivity index (χ1n) is 9.52. The molecule has 1 aromatic rings. The number of ether oxygens (including phenoxy) is 1. The Morgan fingerprint density at radius 3 is 2.69 bits per heavy atom. The monoisotopic (exact) mass is 382 g/mol. The maximum absolute atomic E-state index is 13.4. The number of carbonyl (C=O) groups is 1. The Labute approximate surface area is 160 Å². The van der Waals surface area contributed by atoms with Gasteiger partial charge in [-0.05, 0) is 75.9 Å². The van der Waals surface area contributed by atoms with Crippen LogP contribution in [0.1, 0.15) is 32.3 Å². The average Bonchev–Trinajstić information content (AvgIpc) is 2.61. The number of hydrogen-bond donors (Lipinski definition) is 0. The van der Waals surface area contributed by atoms with Gasteiger partial charge in [-0.25, -0.2) is 9.18 Å². The highest BCUT2D eigenvalue weighted by molar-refractivity contribution is 6.31. The number of rotatable bonds is 5. The first-order chi connectivity index (χ1) is 12.4. The third-order valence-corrected chi connectivity index (χ3v) is 5.86. The van der Waals surface area contributed by atoms with Crippen molar-refractivity contribution in [2.45, 2.75) is 39.2 Å². The van der Waals surface area contributed by atoms with Crippen LogP contribution in [0, 0.1) is 17.7 Å². The summed E-state index contributed by atoms with van der Waals surface area (Å²) < 4.78 is 18.8. The molecule has 3 rings (SSSR count). The lowest BCUT2D eigenvalue weighted by atomic mass is 9.89. The summed E-state index contributed by atoms with van der Waals surface area (Å²) in [5, 5.41) is 0.659. The minimum Gasteiger partial charge on any atom is -0.449 e. The van der Waals surface area contributed by atoms with E-state index in [9.17, 15) is 9.18 Å². The van der Waals surface area contributed by atoms with Crippen molar-refractivity contribution >= 4 is 17.7 Å². The van der Waals surface area contributed by atoms with Crippen LogP contribution in [0.4, 0.5) is 9.18 Å². The van der Waals surface area contributed by atoms with E-state index < -0.39 is 0 Å². The van der Waals surface area contributed by atoms with Crippen LogP contribution in [0.3, 0.4) is 0 Å². The number of piperidine rings is 1. The van der Waals surface area contributed by atoms with Gasteiger partial charge in [0.15, 0.2) is 0 Å². The molecule has 2 heterocycles.